The molecule has 0 aliphatic carbocycles. The summed E-state index contributed by atoms with van der Waals surface area (Å²) < 4.78 is 5.32. The minimum Gasteiger partial charge on any atom is -0.394 e. The van der Waals surface area contributed by atoms with Gasteiger partial charge in [0, 0.05) is 38.9 Å². The highest BCUT2D eigenvalue weighted by molar-refractivity contribution is 6.04. The molecule has 170 valence electrons. The SMILES string of the molecule is O=C(c1cnc2c(c1)N(Cc1ccccc1)C(=O)CN2)N1CCN(CCOCCO)CC1. The summed E-state index contributed by atoms with van der Waals surface area (Å²) in [6, 6.07) is 11.6. The van der Waals surface area contributed by atoms with Gasteiger partial charge in [0.1, 0.15) is 0 Å². The molecule has 0 atom stereocenters. The van der Waals surface area contributed by atoms with Gasteiger partial charge in [-0.2, -0.15) is 0 Å². The maximum atomic E-state index is 13.1. The number of aliphatic hydroxyl groups excluding tert-OH is 1. The number of nitrogens with one attached hydrogen (secondary N) is 1. The molecule has 0 unspecified atom stereocenters. The van der Waals surface area contributed by atoms with Crippen LogP contribution in [0.5, 0.6) is 0 Å². The molecule has 0 spiro atoms. The number of aliphatic hydroxyl groups is 1. The molecular formula is C23H29N5O4. The fourth-order valence-corrected chi connectivity index (χ4v) is 3.96. The van der Waals surface area contributed by atoms with Gasteiger partial charge in [-0.3, -0.25) is 14.5 Å². The molecule has 2 N–H and O–H groups in total. The number of nitrogens with zero attached hydrogens (tertiary/aromatic N) is 4. The smallest absolute Gasteiger partial charge is 0.255 e. The van der Waals surface area contributed by atoms with Crippen molar-refractivity contribution in [1.82, 2.24) is 14.8 Å². The van der Waals surface area contributed by atoms with E-state index >= 15 is 0 Å². The van der Waals surface area contributed by atoms with Crippen LogP contribution in [0.1, 0.15) is 15.9 Å². The normalized spacial score (nSPS) is 16.6. The van der Waals surface area contributed by atoms with E-state index in [1.165, 1.54) is 0 Å². The van der Waals surface area contributed by atoms with E-state index in [9.17, 15) is 9.59 Å². The zero-order valence-corrected chi connectivity index (χ0v) is 18.1. The van der Waals surface area contributed by atoms with Gasteiger partial charge < -0.3 is 25.0 Å². The Bertz CT molecular complexity index is 931. The summed E-state index contributed by atoms with van der Waals surface area (Å²) in [5, 5.41) is 11.8. The number of amides is 2. The Morgan fingerprint density at radius 1 is 1.12 bits per heavy atom. The Balaban J connectivity index is 1.42. The van der Waals surface area contributed by atoms with E-state index in [0.29, 0.717) is 49.9 Å². The van der Waals surface area contributed by atoms with Crippen LogP contribution < -0.4 is 10.2 Å². The van der Waals surface area contributed by atoms with Crippen LogP contribution in [-0.2, 0) is 16.1 Å². The molecule has 0 radical (unpaired) electrons. The van der Waals surface area contributed by atoms with Gasteiger partial charge in [-0.05, 0) is 11.6 Å². The lowest BCUT2D eigenvalue weighted by molar-refractivity contribution is -0.117. The van der Waals surface area contributed by atoms with Crippen molar-refractivity contribution in [2.24, 2.45) is 0 Å². The Morgan fingerprint density at radius 2 is 1.91 bits per heavy atom. The van der Waals surface area contributed by atoms with Gasteiger partial charge in [0.15, 0.2) is 5.82 Å². The van der Waals surface area contributed by atoms with Crippen molar-refractivity contribution in [2.45, 2.75) is 6.54 Å². The average molecular weight is 440 g/mol. The van der Waals surface area contributed by atoms with Gasteiger partial charge in [0.2, 0.25) is 5.91 Å². The predicted molar refractivity (Wildman–Crippen MR) is 121 cm³/mol. The number of carbonyl (C=O) groups is 2. The third kappa shape index (κ3) is 5.24. The van der Waals surface area contributed by atoms with Crippen molar-refractivity contribution in [3.8, 4) is 0 Å². The first kappa shape index (κ1) is 22.2. The van der Waals surface area contributed by atoms with Crippen molar-refractivity contribution < 1.29 is 19.4 Å². The Morgan fingerprint density at radius 3 is 2.66 bits per heavy atom. The number of piperazine rings is 1. The third-order valence-electron chi connectivity index (χ3n) is 5.74. The molecule has 2 aliphatic rings. The lowest BCUT2D eigenvalue weighted by Gasteiger charge is -2.35. The number of hydrogen-bond acceptors (Lipinski definition) is 7. The van der Waals surface area contributed by atoms with Crippen LogP contribution in [0.3, 0.4) is 0 Å². The van der Waals surface area contributed by atoms with Crippen LogP contribution in [0, 0.1) is 0 Å². The molecule has 9 nitrogen and oxygen atoms in total. The first-order valence-electron chi connectivity index (χ1n) is 10.9. The first-order chi connectivity index (χ1) is 15.7. The number of rotatable bonds is 8. The van der Waals surface area contributed by atoms with Gasteiger partial charge in [-0.25, -0.2) is 4.98 Å². The van der Waals surface area contributed by atoms with Crippen molar-refractivity contribution in [2.75, 3.05) is 69.3 Å². The maximum absolute atomic E-state index is 13.1. The molecule has 1 aromatic heterocycles. The van der Waals surface area contributed by atoms with E-state index < -0.39 is 0 Å². The quantitative estimate of drug-likeness (QED) is 0.588. The van der Waals surface area contributed by atoms with Crippen LogP contribution in [-0.4, -0.2) is 90.8 Å². The summed E-state index contributed by atoms with van der Waals surface area (Å²) in [4.78, 5) is 35.9. The van der Waals surface area contributed by atoms with Crippen molar-refractivity contribution in [3.05, 3.63) is 53.7 Å². The van der Waals surface area contributed by atoms with Crippen LogP contribution in [0.15, 0.2) is 42.6 Å². The number of benzene rings is 1. The van der Waals surface area contributed by atoms with Crippen LogP contribution >= 0.6 is 0 Å². The maximum Gasteiger partial charge on any atom is 0.255 e. The molecule has 3 heterocycles. The molecule has 32 heavy (non-hydrogen) atoms. The minimum atomic E-state index is -0.0748. The van der Waals surface area contributed by atoms with Gasteiger partial charge in [0.25, 0.3) is 5.91 Å². The van der Waals surface area contributed by atoms with Gasteiger partial charge in [-0.1, -0.05) is 30.3 Å². The van der Waals surface area contributed by atoms with Crippen molar-refractivity contribution in [3.63, 3.8) is 0 Å². The molecular weight excluding hydrogens is 410 g/mol. The van der Waals surface area contributed by atoms with Crippen LogP contribution in [0.2, 0.25) is 0 Å². The number of fused-ring (bicyclic) bond motifs is 1. The summed E-state index contributed by atoms with van der Waals surface area (Å²) >= 11 is 0. The zero-order valence-electron chi connectivity index (χ0n) is 18.1. The van der Waals surface area contributed by atoms with Crippen molar-refractivity contribution >= 4 is 23.3 Å². The lowest BCUT2D eigenvalue weighted by atomic mass is 10.1. The molecule has 1 aromatic carbocycles. The highest BCUT2D eigenvalue weighted by atomic mass is 16.5. The predicted octanol–water partition coefficient (Wildman–Crippen LogP) is 0.807. The molecule has 0 bridgehead atoms. The van der Waals surface area contributed by atoms with Gasteiger partial charge in [0.05, 0.1) is 44.2 Å². The summed E-state index contributed by atoms with van der Waals surface area (Å²) in [5.74, 6) is 0.490. The van der Waals surface area contributed by atoms with E-state index in [2.05, 4.69) is 15.2 Å². The van der Waals surface area contributed by atoms with E-state index in [1.807, 2.05) is 35.2 Å². The zero-order chi connectivity index (χ0) is 22.3. The van der Waals surface area contributed by atoms with E-state index in [0.717, 1.165) is 25.2 Å². The van der Waals surface area contributed by atoms with Crippen molar-refractivity contribution in [1.29, 1.82) is 0 Å². The molecule has 1 fully saturated rings. The van der Waals surface area contributed by atoms with Gasteiger partial charge in [-0.15, -0.1) is 0 Å². The average Bonchev–Trinajstić information content (AvgIpc) is 2.84. The molecule has 4 rings (SSSR count). The number of ether oxygens (including phenoxy) is 1. The van der Waals surface area contributed by atoms with E-state index in [-0.39, 0.29) is 25.0 Å². The summed E-state index contributed by atoms with van der Waals surface area (Å²) in [5.41, 5.74) is 2.14. The van der Waals surface area contributed by atoms with E-state index in [4.69, 9.17) is 9.84 Å². The molecule has 2 amide bonds. The van der Waals surface area contributed by atoms with Crippen LogP contribution in [0.4, 0.5) is 11.5 Å². The fraction of sp³-hybridized carbons (Fsp3) is 0.435. The topological polar surface area (TPSA) is 98.2 Å². The van der Waals surface area contributed by atoms with E-state index in [1.54, 1.807) is 17.2 Å². The molecule has 0 saturated carbocycles. The highest BCUT2D eigenvalue weighted by Crippen LogP contribution is 2.30. The monoisotopic (exact) mass is 439 g/mol. The first-order valence-corrected chi connectivity index (χ1v) is 10.9. The minimum absolute atomic E-state index is 0.0288. The number of anilines is 2. The molecule has 2 aliphatic heterocycles. The van der Waals surface area contributed by atoms with Gasteiger partial charge >= 0.3 is 0 Å². The standard InChI is InChI=1S/C23H29N5O4/c29-11-13-32-12-10-26-6-8-27(9-7-26)23(31)19-14-20-22(24-15-19)25-16-21(30)28(20)17-18-4-2-1-3-5-18/h1-5,14-15,29H,6-13,16-17H2,(H,24,25). The fourth-order valence-electron chi connectivity index (χ4n) is 3.96. The second-order valence-electron chi connectivity index (χ2n) is 7.88. The number of pyridine rings is 1. The lowest BCUT2D eigenvalue weighted by Crippen LogP contribution is -2.49. The molecule has 1 saturated heterocycles. The summed E-state index contributed by atoms with van der Waals surface area (Å²) in [6.07, 6.45) is 1.58. The third-order valence-corrected chi connectivity index (χ3v) is 5.74. The Hall–Kier alpha value is -3.01. The van der Waals surface area contributed by atoms with Crippen LogP contribution in [0.25, 0.3) is 0 Å². The Kier molecular flexibility index (Phi) is 7.31. The number of carbonyl (C=O) groups excluding carboxylic acids is 2. The highest BCUT2D eigenvalue weighted by Gasteiger charge is 2.28. The second-order valence-corrected chi connectivity index (χ2v) is 7.88. The summed E-state index contributed by atoms with van der Waals surface area (Å²) in [6.45, 7) is 5.14. The number of aromatic nitrogens is 1. The number of hydrogen-bond donors (Lipinski definition) is 2. The largest absolute Gasteiger partial charge is 0.394 e. The summed E-state index contributed by atoms with van der Waals surface area (Å²) in [7, 11) is 0. The second kappa shape index (κ2) is 10.5. The molecule has 2 aromatic rings. The molecule has 9 heteroatoms. The Labute approximate surface area is 187 Å².